The maximum atomic E-state index is 13.7. The summed E-state index contributed by atoms with van der Waals surface area (Å²) < 4.78 is 7.02. The second-order valence-corrected chi connectivity index (χ2v) is 10.1. The average molecular weight is 450 g/mol. The number of piperidine rings is 3. The minimum Gasteiger partial charge on any atom is -0.455 e. The van der Waals surface area contributed by atoms with Crippen molar-refractivity contribution in [3.8, 4) is 0 Å². The van der Waals surface area contributed by atoms with Crippen molar-refractivity contribution in [1.29, 1.82) is 0 Å². The molecule has 174 valence electrons. The molecule has 4 heterocycles. The lowest BCUT2D eigenvalue weighted by Gasteiger charge is -2.52. The number of carbonyl (C=O) groups is 2. The van der Waals surface area contributed by atoms with Gasteiger partial charge >= 0.3 is 5.97 Å². The standard InChI is InChI=1S/C26H32N4O3/c31-24(29-23-17-27-13-14-28-23)19-30-15-9-20(10-16-30)22(18-30)33-25(32)26(11-5-2-6-12-26)21-7-3-1-4-8-21/h1,3-4,7-8,13-14,17,20,22H,2,5-6,9-12,15-16,18-19H2/p+1/t20?,22-,30?/m0/s1. The summed E-state index contributed by atoms with van der Waals surface area (Å²) in [6.07, 6.45) is 11.6. The van der Waals surface area contributed by atoms with Gasteiger partial charge in [-0.2, -0.15) is 0 Å². The Morgan fingerprint density at radius 3 is 2.52 bits per heavy atom. The first-order valence-electron chi connectivity index (χ1n) is 12.3. The van der Waals surface area contributed by atoms with E-state index in [0.29, 0.717) is 22.8 Å². The summed E-state index contributed by atoms with van der Waals surface area (Å²) in [5.74, 6) is 0.745. The number of hydrogen-bond donors (Lipinski definition) is 1. The summed E-state index contributed by atoms with van der Waals surface area (Å²) in [4.78, 5) is 34.6. The zero-order valence-corrected chi connectivity index (χ0v) is 19.1. The molecule has 2 aromatic rings. The van der Waals surface area contributed by atoms with Gasteiger partial charge in [-0.3, -0.25) is 14.6 Å². The molecule has 1 aliphatic carbocycles. The SMILES string of the molecule is O=C(C[N+]12CCC(CC1)[C@@H](OC(=O)C1(c3ccccc3)CCCCC1)C2)Nc1cnccn1. The van der Waals surface area contributed by atoms with E-state index in [9.17, 15) is 9.59 Å². The molecule has 6 rings (SSSR count). The molecule has 1 aromatic heterocycles. The third kappa shape index (κ3) is 4.51. The van der Waals surface area contributed by atoms with Crippen molar-refractivity contribution in [2.24, 2.45) is 5.92 Å². The van der Waals surface area contributed by atoms with E-state index in [1.54, 1.807) is 18.6 Å². The van der Waals surface area contributed by atoms with Crippen LogP contribution in [0.15, 0.2) is 48.9 Å². The van der Waals surface area contributed by atoms with Crippen LogP contribution < -0.4 is 5.32 Å². The van der Waals surface area contributed by atoms with E-state index in [-0.39, 0.29) is 18.0 Å². The molecule has 7 heteroatoms. The number of aromatic nitrogens is 2. The lowest BCUT2D eigenvalue weighted by atomic mass is 9.69. The summed E-state index contributed by atoms with van der Waals surface area (Å²) in [6, 6.07) is 10.2. The van der Waals surface area contributed by atoms with E-state index in [2.05, 4.69) is 27.4 Å². The first kappa shape index (κ1) is 22.0. The maximum Gasteiger partial charge on any atom is 0.317 e. The van der Waals surface area contributed by atoms with Gasteiger partial charge in [0.25, 0.3) is 5.91 Å². The smallest absolute Gasteiger partial charge is 0.317 e. The van der Waals surface area contributed by atoms with Crippen LogP contribution in [0.2, 0.25) is 0 Å². The highest BCUT2D eigenvalue weighted by Gasteiger charge is 2.51. The van der Waals surface area contributed by atoms with Crippen LogP contribution in [0, 0.1) is 5.92 Å². The molecule has 3 aliphatic heterocycles. The summed E-state index contributed by atoms with van der Waals surface area (Å²) >= 11 is 0. The molecule has 0 unspecified atom stereocenters. The fourth-order valence-electron chi connectivity index (χ4n) is 6.20. The molecule has 1 atom stereocenters. The van der Waals surface area contributed by atoms with E-state index in [1.165, 1.54) is 6.42 Å². The Morgan fingerprint density at radius 1 is 1.06 bits per heavy atom. The van der Waals surface area contributed by atoms with Crippen LogP contribution in [0.25, 0.3) is 0 Å². The highest BCUT2D eigenvalue weighted by molar-refractivity contribution is 5.90. The second kappa shape index (κ2) is 9.21. The van der Waals surface area contributed by atoms with Crippen LogP contribution in [0.3, 0.4) is 0 Å². The zero-order chi connectivity index (χ0) is 22.7. The number of anilines is 1. The Kier molecular flexibility index (Phi) is 6.15. The number of ether oxygens (including phenoxy) is 1. The minimum atomic E-state index is -0.528. The van der Waals surface area contributed by atoms with Gasteiger partial charge in [0.1, 0.15) is 6.54 Å². The number of esters is 1. The van der Waals surface area contributed by atoms with Crippen LogP contribution in [0.5, 0.6) is 0 Å². The first-order valence-corrected chi connectivity index (χ1v) is 12.3. The van der Waals surface area contributed by atoms with Crippen molar-refractivity contribution in [3.05, 3.63) is 54.5 Å². The Balaban J connectivity index is 1.29. The molecule has 4 fully saturated rings. The molecule has 1 amide bonds. The highest BCUT2D eigenvalue weighted by Crippen LogP contribution is 2.42. The predicted octanol–water partition coefficient (Wildman–Crippen LogP) is 3.47. The Morgan fingerprint density at radius 2 is 1.82 bits per heavy atom. The van der Waals surface area contributed by atoms with E-state index in [4.69, 9.17) is 4.74 Å². The molecule has 2 bridgehead atoms. The van der Waals surface area contributed by atoms with Crippen molar-refractivity contribution < 1.29 is 18.8 Å². The van der Waals surface area contributed by atoms with Crippen LogP contribution in [-0.2, 0) is 19.7 Å². The van der Waals surface area contributed by atoms with Crippen molar-refractivity contribution in [3.63, 3.8) is 0 Å². The second-order valence-electron chi connectivity index (χ2n) is 10.1. The lowest BCUT2D eigenvalue weighted by Crippen LogP contribution is -2.66. The predicted molar refractivity (Wildman–Crippen MR) is 124 cm³/mol. The van der Waals surface area contributed by atoms with Gasteiger partial charge in [0, 0.05) is 31.2 Å². The van der Waals surface area contributed by atoms with Crippen LogP contribution in [-0.4, -0.2) is 58.6 Å². The molecule has 33 heavy (non-hydrogen) atoms. The van der Waals surface area contributed by atoms with Gasteiger partial charge in [0.2, 0.25) is 0 Å². The van der Waals surface area contributed by atoms with E-state index in [1.807, 2.05) is 18.2 Å². The lowest BCUT2D eigenvalue weighted by molar-refractivity contribution is -0.939. The topological polar surface area (TPSA) is 81.2 Å². The van der Waals surface area contributed by atoms with Crippen LogP contribution >= 0.6 is 0 Å². The maximum absolute atomic E-state index is 13.7. The number of benzene rings is 1. The summed E-state index contributed by atoms with van der Waals surface area (Å²) in [5.41, 5.74) is 0.558. The van der Waals surface area contributed by atoms with Gasteiger partial charge in [-0.25, -0.2) is 4.98 Å². The normalized spacial score (nSPS) is 28.1. The van der Waals surface area contributed by atoms with Gasteiger partial charge in [-0.1, -0.05) is 49.6 Å². The number of nitrogens with one attached hydrogen (secondary N) is 1. The molecule has 4 aliphatic rings. The van der Waals surface area contributed by atoms with E-state index >= 15 is 0 Å². The summed E-state index contributed by atoms with van der Waals surface area (Å²) in [6.45, 7) is 3.00. The monoisotopic (exact) mass is 449 g/mol. The van der Waals surface area contributed by atoms with Crippen molar-refractivity contribution in [2.75, 3.05) is 31.5 Å². The van der Waals surface area contributed by atoms with Gasteiger partial charge in [0.05, 0.1) is 24.7 Å². The van der Waals surface area contributed by atoms with Gasteiger partial charge in [0.15, 0.2) is 18.5 Å². The first-order chi connectivity index (χ1) is 16.1. The molecule has 0 spiro atoms. The Labute approximate surface area is 195 Å². The third-order valence-electron chi connectivity index (χ3n) is 8.03. The summed E-state index contributed by atoms with van der Waals surface area (Å²) in [7, 11) is 0. The van der Waals surface area contributed by atoms with E-state index in [0.717, 1.165) is 63.7 Å². The molecule has 1 aromatic carbocycles. The quantitative estimate of drug-likeness (QED) is 0.540. The number of quaternary nitrogens is 1. The molecule has 1 N–H and O–H groups in total. The Bertz CT molecular complexity index is 968. The summed E-state index contributed by atoms with van der Waals surface area (Å²) in [5, 5.41) is 2.86. The van der Waals surface area contributed by atoms with Gasteiger partial charge < -0.3 is 14.5 Å². The molecule has 3 saturated heterocycles. The fraction of sp³-hybridized carbons (Fsp3) is 0.538. The molecular weight excluding hydrogens is 416 g/mol. The van der Waals surface area contributed by atoms with Gasteiger partial charge in [-0.15, -0.1) is 0 Å². The number of nitrogens with zero attached hydrogens (tertiary/aromatic N) is 3. The molecule has 0 radical (unpaired) electrons. The Hall–Kier alpha value is -2.80. The van der Waals surface area contributed by atoms with Crippen molar-refractivity contribution >= 4 is 17.7 Å². The van der Waals surface area contributed by atoms with E-state index < -0.39 is 5.41 Å². The van der Waals surface area contributed by atoms with Crippen LogP contribution in [0.4, 0.5) is 5.82 Å². The average Bonchev–Trinajstić information content (AvgIpc) is 2.86. The third-order valence-corrected chi connectivity index (χ3v) is 8.03. The minimum absolute atomic E-state index is 0.0608. The van der Waals surface area contributed by atoms with Crippen LogP contribution in [0.1, 0.15) is 50.5 Å². The number of fused-ring (bicyclic) bond motifs is 3. The number of amides is 1. The molecule has 7 nitrogen and oxygen atoms in total. The number of carbonyl (C=O) groups excluding carboxylic acids is 2. The fourth-order valence-corrected chi connectivity index (χ4v) is 6.20. The van der Waals surface area contributed by atoms with Gasteiger partial charge in [-0.05, 0) is 18.4 Å². The largest absolute Gasteiger partial charge is 0.455 e. The molecule has 1 saturated carbocycles. The molecular formula is C26H33N4O3+. The zero-order valence-electron chi connectivity index (χ0n) is 19.1. The number of rotatable bonds is 6. The van der Waals surface area contributed by atoms with Crippen molar-refractivity contribution in [2.45, 2.75) is 56.5 Å². The number of hydrogen-bond acceptors (Lipinski definition) is 5. The highest BCUT2D eigenvalue weighted by atomic mass is 16.5. The van der Waals surface area contributed by atoms with Crippen molar-refractivity contribution in [1.82, 2.24) is 9.97 Å².